The van der Waals surface area contributed by atoms with Gasteiger partial charge in [-0.2, -0.15) is 0 Å². The molecule has 0 aliphatic carbocycles. The number of hydrogen-bond acceptors (Lipinski definition) is 5. The first kappa shape index (κ1) is 13.4. The normalized spacial score (nSPS) is 16.6. The lowest BCUT2D eigenvalue weighted by atomic mass is 9.96. The van der Waals surface area contributed by atoms with E-state index >= 15 is 0 Å². The van der Waals surface area contributed by atoms with Crippen LogP contribution >= 0.6 is 0 Å². The van der Waals surface area contributed by atoms with Crippen molar-refractivity contribution < 1.29 is 10.0 Å². The van der Waals surface area contributed by atoms with E-state index in [0.29, 0.717) is 13.1 Å². The van der Waals surface area contributed by atoms with Gasteiger partial charge in [0.2, 0.25) is 0 Å². The monoisotopic (exact) mass is 239 g/mol. The van der Waals surface area contributed by atoms with E-state index < -0.39 is 10.5 Å². The molecular formula is C11H17N3O3. The van der Waals surface area contributed by atoms with Crippen molar-refractivity contribution in [3.63, 3.8) is 0 Å². The summed E-state index contributed by atoms with van der Waals surface area (Å²) >= 11 is 0. The molecule has 0 amide bonds. The Morgan fingerprint density at radius 1 is 1.47 bits per heavy atom. The molecule has 1 aliphatic rings. The lowest BCUT2D eigenvalue weighted by Gasteiger charge is -2.45. The van der Waals surface area contributed by atoms with Crippen LogP contribution in [0.3, 0.4) is 0 Å². The van der Waals surface area contributed by atoms with Crippen LogP contribution in [0.5, 0.6) is 0 Å². The summed E-state index contributed by atoms with van der Waals surface area (Å²) in [5.74, 6) is -0.161. The van der Waals surface area contributed by atoms with Gasteiger partial charge in [-0.3, -0.25) is 0 Å². The molecule has 2 heterocycles. The third-order valence-corrected chi connectivity index (χ3v) is 2.35. The zero-order valence-corrected chi connectivity index (χ0v) is 10.3. The summed E-state index contributed by atoms with van der Waals surface area (Å²) in [6.07, 6.45) is 1.45. The maximum atomic E-state index is 10.4. The average Bonchev–Trinajstić information content (AvgIpc) is 2.28. The molecule has 1 aliphatic heterocycles. The molecule has 1 fully saturated rings. The summed E-state index contributed by atoms with van der Waals surface area (Å²) in [6, 6.07) is 3.00. The first-order valence-corrected chi connectivity index (χ1v) is 5.56. The molecular weight excluding hydrogens is 222 g/mol. The second-order valence-electron chi connectivity index (χ2n) is 3.98. The van der Waals surface area contributed by atoms with Crippen LogP contribution in [0.15, 0.2) is 18.3 Å². The molecule has 0 bridgehead atoms. The van der Waals surface area contributed by atoms with E-state index in [-0.39, 0.29) is 5.82 Å². The number of hydrogen-bond donors (Lipinski definition) is 1. The molecule has 94 valence electrons. The van der Waals surface area contributed by atoms with Crippen LogP contribution in [0.4, 0.5) is 11.5 Å². The summed E-state index contributed by atoms with van der Waals surface area (Å²) in [7, 11) is 0. The lowest BCUT2D eigenvalue weighted by Crippen LogP contribution is -2.60. The van der Waals surface area contributed by atoms with Gasteiger partial charge in [-0.1, -0.05) is 13.8 Å². The average molecular weight is 239 g/mol. The number of aromatic nitrogens is 1. The molecule has 1 aromatic heterocycles. The third-order valence-electron chi connectivity index (χ3n) is 2.35. The fraction of sp³-hybridized carbons (Fsp3) is 0.545. The minimum absolute atomic E-state index is 0.161. The number of pyridine rings is 1. The Morgan fingerprint density at radius 2 is 2.06 bits per heavy atom. The van der Waals surface area contributed by atoms with E-state index in [4.69, 9.17) is 0 Å². The number of aliphatic hydroxyl groups is 1. The standard InChI is InChI=1S/C9H11N3O3.C2H6/c1-9(13)5-11(6-9)7-2-3-8(10-4-7)12(14)15;1-2/h2-4,13H,5-6H2,1H3;1-2H3. The quantitative estimate of drug-likeness (QED) is 0.626. The molecule has 1 aromatic rings. The second-order valence-corrected chi connectivity index (χ2v) is 3.98. The molecule has 0 atom stereocenters. The Kier molecular flexibility index (Phi) is 4.01. The van der Waals surface area contributed by atoms with E-state index in [9.17, 15) is 15.2 Å². The van der Waals surface area contributed by atoms with E-state index in [1.54, 1.807) is 13.0 Å². The van der Waals surface area contributed by atoms with Gasteiger partial charge in [-0.05, 0) is 22.9 Å². The fourth-order valence-electron chi connectivity index (χ4n) is 1.63. The highest BCUT2D eigenvalue weighted by Gasteiger charge is 2.37. The van der Waals surface area contributed by atoms with E-state index in [1.165, 1.54) is 12.3 Å². The van der Waals surface area contributed by atoms with Crippen molar-refractivity contribution in [2.45, 2.75) is 26.4 Å². The number of nitrogens with zero attached hydrogens (tertiary/aromatic N) is 3. The maximum Gasteiger partial charge on any atom is 0.363 e. The molecule has 0 spiro atoms. The van der Waals surface area contributed by atoms with Crippen LogP contribution in [0.1, 0.15) is 20.8 Å². The summed E-state index contributed by atoms with van der Waals surface area (Å²) < 4.78 is 0. The minimum atomic E-state index is -0.651. The number of anilines is 1. The highest BCUT2D eigenvalue weighted by atomic mass is 16.6. The van der Waals surface area contributed by atoms with Gasteiger partial charge in [-0.15, -0.1) is 0 Å². The highest BCUT2D eigenvalue weighted by molar-refractivity contribution is 5.50. The SMILES string of the molecule is CC.CC1(O)CN(c2ccc([N+](=O)[O-])nc2)C1. The Labute approximate surface area is 100 Å². The minimum Gasteiger partial charge on any atom is -0.386 e. The third kappa shape index (κ3) is 3.13. The van der Waals surface area contributed by atoms with E-state index in [1.807, 2.05) is 18.7 Å². The zero-order valence-electron chi connectivity index (χ0n) is 10.3. The van der Waals surface area contributed by atoms with Crippen LogP contribution in [-0.2, 0) is 0 Å². The predicted molar refractivity (Wildman–Crippen MR) is 65.1 cm³/mol. The van der Waals surface area contributed by atoms with Crippen molar-refractivity contribution in [3.05, 3.63) is 28.4 Å². The second kappa shape index (κ2) is 5.09. The van der Waals surface area contributed by atoms with Gasteiger partial charge in [0.1, 0.15) is 0 Å². The van der Waals surface area contributed by atoms with Crippen molar-refractivity contribution in [2.75, 3.05) is 18.0 Å². The summed E-state index contributed by atoms with van der Waals surface area (Å²) in [6.45, 7) is 6.82. The van der Waals surface area contributed by atoms with Crippen LogP contribution < -0.4 is 4.90 Å². The Morgan fingerprint density at radius 3 is 2.41 bits per heavy atom. The van der Waals surface area contributed by atoms with Crippen molar-refractivity contribution in [2.24, 2.45) is 0 Å². The van der Waals surface area contributed by atoms with Crippen molar-refractivity contribution in [3.8, 4) is 0 Å². The molecule has 0 saturated carbocycles. The summed E-state index contributed by atoms with van der Waals surface area (Å²) in [5.41, 5.74) is 0.147. The molecule has 6 nitrogen and oxygen atoms in total. The lowest BCUT2D eigenvalue weighted by molar-refractivity contribution is -0.389. The largest absolute Gasteiger partial charge is 0.386 e. The van der Waals surface area contributed by atoms with Gasteiger partial charge in [0, 0.05) is 19.2 Å². The van der Waals surface area contributed by atoms with Gasteiger partial charge < -0.3 is 20.1 Å². The molecule has 6 heteroatoms. The molecule has 0 radical (unpaired) electrons. The predicted octanol–water partition coefficient (Wildman–Crippen LogP) is 1.59. The molecule has 0 unspecified atom stereocenters. The van der Waals surface area contributed by atoms with Crippen molar-refractivity contribution in [1.29, 1.82) is 0 Å². The topological polar surface area (TPSA) is 79.5 Å². The Bertz CT molecular complexity index is 381. The Balaban J connectivity index is 0.000000686. The summed E-state index contributed by atoms with van der Waals surface area (Å²) in [5, 5.41) is 19.9. The number of rotatable bonds is 2. The van der Waals surface area contributed by atoms with Crippen LogP contribution in [0, 0.1) is 10.1 Å². The van der Waals surface area contributed by atoms with Crippen LogP contribution in [0.25, 0.3) is 0 Å². The van der Waals surface area contributed by atoms with Crippen molar-refractivity contribution >= 4 is 11.5 Å². The highest BCUT2D eigenvalue weighted by Crippen LogP contribution is 2.27. The van der Waals surface area contributed by atoms with Crippen molar-refractivity contribution in [1.82, 2.24) is 4.98 Å². The van der Waals surface area contributed by atoms with Crippen LogP contribution in [0.2, 0.25) is 0 Å². The summed E-state index contributed by atoms with van der Waals surface area (Å²) in [4.78, 5) is 15.4. The molecule has 17 heavy (non-hydrogen) atoms. The van der Waals surface area contributed by atoms with Crippen LogP contribution in [-0.4, -0.2) is 33.7 Å². The van der Waals surface area contributed by atoms with Gasteiger partial charge in [0.15, 0.2) is 6.20 Å². The van der Waals surface area contributed by atoms with Gasteiger partial charge >= 0.3 is 5.82 Å². The molecule has 0 aromatic carbocycles. The first-order chi connectivity index (χ1) is 7.98. The molecule has 2 rings (SSSR count). The first-order valence-electron chi connectivity index (χ1n) is 5.56. The van der Waals surface area contributed by atoms with E-state index in [2.05, 4.69) is 4.98 Å². The smallest absolute Gasteiger partial charge is 0.363 e. The Hall–Kier alpha value is -1.69. The fourth-order valence-corrected chi connectivity index (χ4v) is 1.63. The van der Waals surface area contributed by atoms with Gasteiger partial charge in [0.05, 0.1) is 11.3 Å². The molecule has 1 N–H and O–H groups in total. The van der Waals surface area contributed by atoms with E-state index in [0.717, 1.165) is 5.69 Å². The number of β-amino-alcohol motifs (C(OH)–C–C–N with tert-alkyl or cyclic N) is 1. The van der Waals surface area contributed by atoms with Gasteiger partial charge in [-0.25, -0.2) is 0 Å². The molecule has 1 saturated heterocycles. The van der Waals surface area contributed by atoms with Gasteiger partial charge in [0.25, 0.3) is 0 Å². The zero-order chi connectivity index (χ0) is 13.1. The number of nitro groups is 1. The maximum absolute atomic E-state index is 10.4.